The minimum atomic E-state index is -3.85. The summed E-state index contributed by atoms with van der Waals surface area (Å²) in [6.45, 7) is 0.403. The highest BCUT2D eigenvalue weighted by Gasteiger charge is 2.24. The number of hydrogen-bond acceptors (Lipinski definition) is 3. The van der Waals surface area contributed by atoms with Gasteiger partial charge >= 0.3 is 0 Å². The van der Waals surface area contributed by atoms with Crippen molar-refractivity contribution in [2.75, 3.05) is 17.2 Å². The van der Waals surface area contributed by atoms with Crippen LogP contribution in [0.4, 0.5) is 10.1 Å². The van der Waals surface area contributed by atoms with E-state index in [1.54, 1.807) is 6.07 Å². The molecule has 0 saturated heterocycles. The van der Waals surface area contributed by atoms with Crippen LogP contribution in [0.2, 0.25) is 0 Å². The number of halogens is 2. The number of anilines is 1. The Balaban J connectivity index is 2.36. The van der Waals surface area contributed by atoms with Crippen LogP contribution < -0.4 is 4.31 Å². The van der Waals surface area contributed by atoms with Crippen molar-refractivity contribution in [3.05, 3.63) is 42.5 Å². The Morgan fingerprint density at radius 3 is 2.75 bits per heavy atom. The zero-order valence-corrected chi connectivity index (χ0v) is 12.3. The van der Waals surface area contributed by atoms with E-state index in [0.717, 1.165) is 4.31 Å². The lowest BCUT2D eigenvalue weighted by molar-refractivity contribution is 0.589. The fourth-order valence-electron chi connectivity index (χ4n) is 1.68. The lowest BCUT2D eigenvalue weighted by Crippen LogP contribution is -2.27. The molecule has 0 radical (unpaired) electrons. The first kappa shape index (κ1) is 14.8. The molecule has 2 rings (SSSR count). The predicted octanol–water partition coefficient (Wildman–Crippen LogP) is 2.09. The van der Waals surface area contributed by atoms with Gasteiger partial charge in [0.25, 0.3) is 10.0 Å². The summed E-state index contributed by atoms with van der Waals surface area (Å²) in [5, 5.41) is 3.90. The molecule has 1 aromatic heterocycles. The molecule has 0 bridgehead atoms. The third-order valence-electron chi connectivity index (χ3n) is 2.77. The summed E-state index contributed by atoms with van der Waals surface area (Å²) in [4.78, 5) is -0.00614. The van der Waals surface area contributed by atoms with E-state index in [1.807, 2.05) is 0 Å². The highest BCUT2D eigenvalue weighted by Crippen LogP contribution is 2.24. The van der Waals surface area contributed by atoms with Crippen LogP contribution >= 0.6 is 11.6 Å². The van der Waals surface area contributed by atoms with Gasteiger partial charge in [0.2, 0.25) is 0 Å². The molecule has 0 atom stereocenters. The molecule has 1 aromatic carbocycles. The number of para-hydroxylation sites is 1. The molecule has 0 N–H and O–H groups in total. The molecule has 2 aromatic rings. The Labute approximate surface area is 121 Å². The summed E-state index contributed by atoms with van der Waals surface area (Å²) in [7, 11) is -2.55. The molecule has 0 aliphatic rings. The van der Waals surface area contributed by atoms with E-state index in [1.165, 1.54) is 42.3 Å². The van der Waals surface area contributed by atoms with Crippen LogP contribution in [0.3, 0.4) is 0 Å². The number of hydrogen-bond donors (Lipinski definition) is 0. The molecular formula is C12H13ClFN3O2S. The summed E-state index contributed by atoms with van der Waals surface area (Å²) >= 11 is 5.57. The van der Waals surface area contributed by atoms with Gasteiger partial charge in [0.1, 0.15) is 10.7 Å². The third kappa shape index (κ3) is 2.78. The smallest absolute Gasteiger partial charge is 0.267 e. The van der Waals surface area contributed by atoms with E-state index in [-0.39, 0.29) is 10.6 Å². The fraction of sp³-hybridized carbons (Fsp3) is 0.250. The first-order chi connectivity index (χ1) is 9.46. The van der Waals surface area contributed by atoms with Gasteiger partial charge in [-0.1, -0.05) is 12.1 Å². The van der Waals surface area contributed by atoms with Crippen LogP contribution in [0.15, 0.2) is 41.6 Å². The van der Waals surface area contributed by atoms with Gasteiger partial charge in [0, 0.05) is 19.1 Å². The van der Waals surface area contributed by atoms with E-state index in [2.05, 4.69) is 5.10 Å². The van der Waals surface area contributed by atoms with Gasteiger partial charge in [0.05, 0.1) is 18.4 Å². The van der Waals surface area contributed by atoms with E-state index in [0.29, 0.717) is 12.4 Å². The zero-order chi connectivity index (χ0) is 14.8. The van der Waals surface area contributed by atoms with E-state index >= 15 is 0 Å². The predicted molar refractivity (Wildman–Crippen MR) is 74.9 cm³/mol. The standard InChI is InChI=1S/C12H13ClFN3O2S/c1-16(12-5-3-2-4-11(12)14)20(18,19)10-8-15-17(9-10)7-6-13/h2-5,8-9H,6-7H2,1H3. The average molecular weight is 318 g/mol. The van der Waals surface area contributed by atoms with Gasteiger partial charge < -0.3 is 0 Å². The van der Waals surface area contributed by atoms with Gasteiger partial charge in [-0.2, -0.15) is 5.10 Å². The average Bonchev–Trinajstić information content (AvgIpc) is 2.88. The van der Waals surface area contributed by atoms with Crippen molar-refractivity contribution >= 4 is 27.3 Å². The van der Waals surface area contributed by atoms with E-state index in [9.17, 15) is 12.8 Å². The number of benzene rings is 1. The molecule has 0 fully saturated rings. The highest BCUT2D eigenvalue weighted by molar-refractivity contribution is 7.92. The lowest BCUT2D eigenvalue weighted by Gasteiger charge is -2.18. The molecule has 0 amide bonds. The minimum absolute atomic E-state index is 0.00614. The van der Waals surface area contributed by atoms with E-state index < -0.39 is 15.8 Å². The summed E-state index contributed by atoms with van der Waals surface area (Å²) < 4.78 is 40.7. The maximum absolute atomic E-state index is 13.7. The normalized spacial score (nSPS) is 11.6. The van der Waals surface area contributed by atoms with Gasteiger partial charge in [-0.15, -0.1) is 11.6 Å². The van der Waals surface area contributed by atoms with Gasteiger partial charge in [-0.05, 0) is 12.1 Å². The summed E-state index contributed by atoms with van der Waals surface area (Å²) in [6.07, 6.45) is 2.59. The van der Waals surface area contributed by atoms with Gasteiger partial charge in [-0.3, -0.25) is 8.99 Å². The largest absolute Gasteiger partial charge is 0.270 e. The highest BCUT2D eigenvalue weighted by atomic mass is 35.5. The lowest BCUT2D eigenvalue weighted by atomic mass is 10.3. The van der Waals surface area contributed by atoms with Crippen molar-refractivity contribution in [2.24, 2.45) is 0 Å². The summed E-state index contributed by atoms with van der Waals surface area (Å²) in [5.41, 5.74) is -0.0161. The molecular weight excluding hydrogens is 305 g/mol. The second kappa shape index (κ2) is 5.80. The Morgan fingerprint density at radius 2 is 2.10 bits per heavy atom. The monoisotopic (exact) mass is 317 g/mol. The molecule has 0 saturated carbocycles. The molecule has 8 heteroatoms. The van der Waals surface area contributed by atoms with Crippen LogP contribution in [0.5, 0.6) is 0 Å². The molecule has 0 spiro atoms. The Bertz CT molecular complexity index is 702. The molecule has 20 heavy (non-hydrogen) atoms. The molecule has 0 unspecified atom stereocenters. The number of sulfonamides is 1. The van der Waals surface area contributed by atoms with Crippen molar-refractivity contribution < 1.29 is 12.8 Å². The van der Waals surface area contributed by atoms with Crippen molar-refractivity contribution in [1.29, 1.82) is 0 Å². The Hall–Kier alpha value is -1.60. The number of aromatic nitrogens is 2. The summed E-state index contributed by atoms with van der Waals surface area (Å²) in [6, 6.07) is 5.67. The SMILES string of the molecule is CN(c1ccccc1F)S(=O)(=O)c1cnn(CCCl)c1. The van der Waals surface area contributed by atoms with Crippen LogP contribution in [0.25, 0.3) is 0 Å². The molecule has 1 heterocycles. The second-order valence-corrected chi connectivity index (χ2v) is 6.40. The second-order valence-electron chi connectivity index (χ2n) is 4.05. The zero-order valence-electron chi connectivity index (χ0n) is 10.7. The van der Waals surface area contributed by atoms with Crippen LogP contribution in [0.1, 0.15) is 0 Å². The minimum Gasteiger partial charge on any atom is -0.270 e. The fourth-order valence-corrected chi connectivity index (χ4v) is 3.01. The third-order valence-corrected chi connectivity index (χ3v) is 4.67. The van der Waals surface area contributed by atoms with Crippen molar-refractivity contribution in [2.45, 2.75) is 11.4 Å². The van der Waals surface area contributed by atoms with Crippen molar-refractivity contribution in [3.8, 4) is 0 Å². The maximum atomic E-state index is 13.7. The molecule has 0 aliphatic carbocycles. The number of nitrogens with zero attached hydrogens (tertiary/aromatic N) is 3. The topological polar surface area (TPSA) is 55.2 Å². The number of alkyl halides is 1. The van der Waals surface area contributed by atoms with Crippen LogP contribution in [-0.2, 0) is 16.6 Å². The van der Waals surface area contributed by atoms with Crippen LogP contribution in [0, 0.1) is 5.82 Å². The van der Waals surface area contributed by atoms with Crippen molar-refractivity contribution in [3.63, 3.8) is 0 Å². The first-order valence-electron chi connectivity index (χ1n) is 5.78. The van der Waals surface area contributed by atoms with Crippen LogP contribution in [-0.4, -0.2) is 31.1 Å². The van der Waals surface area contributed by atoms with Gasteiger partial charge in [-0.25, -0.2) is 12.8 Å². The first-order valence-corrected chi connectivity index (χ1v) is 7.76. The summed E-state index contributed by atoms with van der Waals surface area (Å²) in [5.74, 6) is -0.281. The molecule has 0 aliphatic heterocycles. The van der Waals surface area contributed by atoms with Crippen molar-refractivity contribution in [1.82, 2.24) is 9.78 Å². The molecule has 5 nitrogen and oxygen atoms in total. The quantitative estimate of drug-likeness (QED) is 0.793. The maximum Gasteiger partial charge on any atom is 0.267 e. The van der Waals surface area contributed by atoms with Gasteiger partial charge in [0.15, 0.2) is 0 Å². The Morgan fingerprint density at radius 1 is 1.40 bits per heavy atom. The Kier molecular flexibility index (Phi) is 4.29. The number of aryl methyl sites for hydroxylation is 1. The number of rotatable bonds is 5. The van der Waals surface area contributed by atoms with E-state index in [4.69, 9.17) is 11.6 Å². The molecule has 108 valence electrons.